The molecular weight excluding hydrogens is 495 g/mol. The maximum atomic E-state index is 14.5. The highest BCUT2D eigenvalue weighted by Gasteiger charge is 2.38. The molecule has 13 heteroatoms. The van der Waals surface area contributed by atoms with Gasteiger partial charge in [0.25, 0.3) is 0 Å². The molecule has 2 aliphatic heterocycles. The maximum Gasteiger partial charge on any atom is 0.434 e. The molecule has 0 saturated carbocycles. The molecule has 1 atom stereocenters. The Kier molecular flexibility index (Phi) is 6.73. The summed E-state index contributed by atoms with van der Waals surface area (Å²) < 4.78 is 89.9. The van der Waals surface area contributed by atoms with Gasteiger partial charge in [-0.1, -0.05) is 0 Å². The maximum absolute atomic E-state index is 14.5. The van der Waals surface area contributed by atoms with Crippen LogP contribution in [-0.4, -0.2) is 61.1 Å². The van der Waals surface area contributed by atoms with Gasteiger partial charge in [-0.3, -0.25) is 4.79 Å². The number of carbonyl (C=O) groups is 1. The highest BCUT2D eigenvalue weighted by Crippen LogP contribution is 2.31. The lowest BCUT2D eigenvalue weighted by Crippen LogP contribution is -2.46. The summed E-state index contributed by atoms with van der Waals surface area (Å²) in [5, 5.41) is 0. The summed E-state index contributed by atoms with van der Waals surface area (Å²) in [5.41, 5.74) is -1.11. The van der Waals surface area contributed by atoms with Gasteiger partial charge in [-0.05, 0) is 43.4 Å². The summed E-state index contributed by atoms with van der Waals surface area (Å²) >= 11 is 0. The fourth-order valence-electron chi connectivity index (χ4n) is 4.63. The summed E-state index contributed by atoms with van der Waals surface area (Å²) in [6.45, 7) is 1.41. The fourth-order valence-corrected chi connectivity index (χ4v) is 5.36. The van der Waals surface area contributed by atoms with Crippen LogP contribution in [0, 0.1) is 17.6 Å². The van der Waals surface area contributed by atoms with Crippen LogP contribution in [0.15, 0.2) is 29.4 Å². The summed E-state index contributed by atoms with van der Waals surface area (Å²) in [7, 11) is -3.92. The van der Waals surface area contributed by atoms with Crippen molar-refractivity contribution in [2.45, 2.75) is 42.8 Å². The molecule has 2 fully saturated rings. The van der Waals surface area contributed by atoms with Crippen LogP contribution in [0.2, 0.25) is 0 Å². The van der Waals surface area contributed by atoms with Crippen molar-refractivity contribution in [1.29, 1.82) is 0 Å². The van der Waals surface area contributed by atoms with Gasteiger partial charge in [-0.2, -0.15) is 13.2 Å². The minimum Gasteiger partial charge on any atom is -0.355 e. The third-order valence-corrected chi connectivity index (χ3v) is 7.59. The van der Waals surface area contributed by atoms with Crippen LogP contribution < -0.4 is 4.90 Å². The van der Waals surface area contributed by atoms with Crippen LogP contribution in [0.4, 0.5) is 27.8 Å². The smallest absolute Gasteiger partial charge is 0.355 e. The van der Waals surface area contributed by atoms with Crippen molar-refractivity contribution in [3.63, 3.8) is 0 Å². The lowest BCUT2D eigenvalue weighted by Gasteiger charge is -2.37. The Labute approximate surface area is 198 Å². The molecule has 190 valence electrons. The summed E-state index contributed by atoms with van der Waals surface area (Å²) in [6.07, 6.45) is -0.418. The molecule has 0 N–H and O–H groups in total. The molecule has 3 heterocycles. The Hall–Kier alpha value is -2.83. The van der Waals surface area contributed by atoms with Crippen LogP contribution >= 0.6 is 0 Å². The van der Waals surface area contributed by atoms with E-state index >= 15 is 0 Å². The highest BCUT2D eigenvalue weighted by atomic mass is 32.2. The van der Waals surface area contributed by atoms with Crippen molar-refractivity contribution in [3.8, 4) is 0 Å². The summed E-state index contributed by atoms with van der Waals surface area (Å²) in [5.74, 6) is -2.32. The first kappa shape index (κ1) is 25.3. The van der Waals surface area contributed by atoms with E-state index in [1.54, 1.807) is 4.90 Å². The van der Waals surface area contributed by atoms with Crippen molar-refractivity contribution in [3.05, 3.63) is 47.4 Å². The van der Waals surface area contributed by atoms with Crippen molar-refractivity contribution in [2.75, 3.05) is 30.8 Å². The number of alkyl halides is 3. The van der Waals surface area contributed by atoms with Crippen LogP contribution in [-0.2, 0) is 27.2 Å². The number of likely N-dealkylation sites (tertiary alicyclic amines) is 1. The molecule has 1 aromatic carbocycles. The molecule has 4 rings (SSSR count). The minimum absolute atomic E-state index is 0.0396. The zero-order valence-corrected chi connectivity index (χ0v) is 19.5. The molecule has 1 aromatic heterocycles. The molecule has 2 saturated heterocycles. The Bertz CT molecular complexity index is 1210. The van der Waals surface area contributed by atoms with Crippen molar-refractivity contribution >= 4 is 21.6 Å². The number of hydrogen-bond acceptors (Lipinski definition) is 6. The van der Waals surface area contributed by atoms with Gasteiger partial charge in [-0.15, -0.1) is 0 Å². The molecular formula is C22H23F5N4O3S. The molecule has 7 nitrogen and oxygen atoms in total. The molecule has 35 heavy (non-hydrogen) atoms. The van der Waals surface area contributed by atoms with E-state index in [2.05, 4.69) is 9.97 Å². The molecule has 2 aromatic rings. The van der Waals surface area contributed by atoms with Gasteiger partial charge in [0.15, 0.2) is 15.5 Å². The molecule has 1 amide bonds. The molecule has 0 spiro atoms. The van der Waals surface area contributed by atoms with E-state index in [1.165, 1.54) is 0 Å². The third kappa shape index (κ3) is 5.39. The van der Waals surface area contributed by atoms with Gasteiger partial charge in [0.2, 0.25) is 5.91 Å². The number of rotatable bonds is 5. The zero-order valence-electron chi connectivity index (χ0n) is 18.7. The van der Waals surface area contributed by atoms with E-state index in [1.807, 2.05) is 4.90 Å². The normalized spacial score (nSPS) is 20.1. The average Bonchev–Trinajstić information content (AvgIpc) is 3.15. The van der Waals surface area contributed by atoms with E-state index in [4.69, 9.17) is 0 Å². The monoisotopic (exact) mass is 518 g/mol. The first-order valence-electron chi connectivity index (χ1n) is 11.0. The zero-order chi connectivity index (χ0) is 25.5. The predicted molar refractivity (Wildman–Crippen MR) is 115 cm³/mol. The standard InChI is InChI=1S/C22H23F5N4O3S/c1-35(33,34)18-10-16(23)14(9-17(18)24)8-13-2-7-31(21(13)32)15-3-5-30(6-4-15)20-12-28-19(11-29-20)22(25,26)27/h9-13,15H,2-8H2,1H3/t13-/m1/s1. The largest absolute Gasteiger partial charge is 0.434 e. The van der Waals surface area contributed by atoms with Crippen molar-refractivity contribution in [2.24, 2.45) is 5.92 Å². The Morgan fingerprint density at radius 2 is 1.69 bits per heavy atom. The van der Waals surface area contributed by atoms with Crippen LogP contribution in [0.1, 0.15) is 30.5 Å². The lowest BCUT2D eigenvalue weighted by molar-refractivity contribution is -0.141. The van der Waals surface area contributed by atoms with Crippen molar-refractivity contribution < 1.29 is 35.2 Å². The van der Waals surface area contributed by atoms with Gasteiger partial charge in [0.05, 0.1) is 12.4 Å². The minimum atomic E-state index is -4.56. The first-order chi connectivity index (χ1) is 16.3. The van der Waals surface area contributed by atoms with E-state index in [-0.39, 0.29) is 23.9 Å². The number of hydrogen-bond donors (Lipinski definition) is 0. The number of anilines is 1. The highest BCUT2D eigenvalue weighted by molar-refractivity contribution is 7.90. The second kappa shape index (κ2) is 9.32. The van der Waals surface area contributed by atoms with Gasteiger partial charge >= 0.3 is 6.18 Å². The molecule has 0 aliphatic carbocycles. The number of amides is 1. The SMILES string of the molecule is CS(=O)(=O)c1cc(F)c(C[C@H]2CCN(C3CCN(c4cnc(C(F)(F)F)cn4)CC3)C2=O)cc1F. The number of sulfone groups is 1. The van der Waals surface area contributed by atoms with E-state index < -0.39 is 44.2 Å². The topological polar surface area (TPSA) is 83.5 Å². The Morgan fingerprint density at radius 1 is 1.00 bits per heavy atom. The van der Waals surface area contributed by atoms with E-state index in [0.29, 0.717) is 57.0 Å². The molecule has 0 radical (unpaired) electrons. The Balaban J connectivity index is 1.36. The van der Waals surface area contributed by atoms with Crippen LogP contribution in [0.3, 0.4) is 0 Å². The van der Waals surface area contributed by atoms with Crippen molar-refractivity contribution in [1.82, 2.24) is 14.9 Å². The number of aromatic nitrogens is 2. The average molecular weight is 519 g/mol. The lowest BCUT2D eigenvalue weighted by atomic mass is 9.97. The molecule has 0 unspecified atom stereocenters. The molecule has 2 aliphatic rings. The number of carbonyl (C=O) groups excluding carboxylic acids is 1. The van der Waals surface area contributed by atoms with Gasteiger partial charge in [0.1, 0.15) is 22.3 Å². The summed E-state index contributed by atoms with van der Waals surface area (Å²) in [6, 6.07) is 1.41. The second-order valence-electron chi connectivity index (χ2n) is 8.84. The quantitative estimate of drug-likeness (QED) is 0.566. The van der Waals surface area contributed by atoms with Crippen LogP contribution in [0.25, 0.3) is 0 Å². The Morgan fingerprint density at radius 3 is 2.26 bits per heavy atom. The third-order valence-electron chi connectivity index (χ3n) is 6.48. The fraction of sp³-hybridized carbons (Fsp3) is 0.500. The number of benzene rings is 1. The van der Waals surface area contributed by atoms with Gasteiger partial charge in [0, 0.05) is 37.8 Å². The number of piperidine rings is 1. The van der Waals surface area contributed by atoms with E-state index in [0.717, 1.165) is 18.5 Å². The first-order valence-corrected chi connectivity index (χ1v) is 12.9. The van der Waals surface area contributed by atoms with Gasteiger partial charge in [-0.25, -0.2) is 27.2 Å². The number of halogens is 5. The number of nitrogens with zero attached hydrogens (tertiary/aromatic N) is 4. The predicted octanol–water partition coefficient (Wildman–Crippen LogP) is 3.24. The second-order valence-corrected chi connectivity index (χ2v) is 10.8. The van der Waals surface area contributed by atoms with Gasteiger partial charge < -0.3 is 9.80 Å². The van der Waals surface area contributed by atoms with E-state index in [9.17, 15) is 35.2 Å². The molecule has 0 bridgehead atoms. The summed E-state index contributed by atoms with van der Waals surface area (Å²) in [4.78, 5) is 23.1. The van der Waals surface area contributed by atoms with Crippen LogP contribution in [0.5, 0.6) is 0 Å².